The van der Waals surface area contributed by atoms with E-state index in [2.05, 4.69) is 17.3 Å². The summed E-state index contributed by atoms with van der Waals surface area (Å²) < 4.78 is 13.0. The highest BCUT2D eigenvalue weighted by molar-refractivity contribution is 5.76. The molecular formula is C23H30FN5O. The lowest BCUT2D eigenvalue weighted by Gasteiger charge is -2.26. The average Bonchev–Trinajstić information content (AvgIpc) is 3.25. The molecule has 1 fully saturated rings. The molecule has 7 heteroatoms. The summed E-state index contributed by atoms with van der Waals surface area (Å²) in [6, 6.07) is 6.52. The number of carbonyl (C=O) groups is 1. The summed E-state index contributed by atoms with van der Waals surface area (Å²) in [5.41, 5.74) is 3.41. The topological polar surface area (TPSA) is 61.4 Å². The van der Waals surface area contributed by atoms with Crippen molar-refractivity contribution in [2.24, 2.45) is 0 Å². The Morgan fingerprint density at radius 1 is 1.23 bits per heavy atom. The molecule has 0 spiro atoms. The van der Waals surface area contributed by atoms with Crippen molar-refractivity contribution in [2.45, 2.75) is 44.6 Å². The first-order valence-electron chi connectivity index (χ1n) is 10.8. The molecule has 1 N–H and O–H groups in total. The first-order chi connectivity index (χ1) is 14.5. The largest absolute Gasteiger partial charge is 0.373 e. The minimum atomic E-state index is -0.226. The van der Waals surface area contributed by atoms with Gasteiger partial charge in [-0.3, -0.25) is 4.79 Å². The highest BCUT2D eigenvalue weighted by atomic mass is 19.1. The quantitative estimate of drug-likeness (QED) is 0.792. The Morgan fingerprint density at radius 2 is 2.03 bits per heavy atom. The van der Waals surface area contributed by atoms with E-state index in [0.29, 0.717) is 13.0 Å². The molecule has 6 nitrogen and oxygen atoms in total. The van der Waals surface area contributed by atoms with Crippen LogP contribution in [0, 0.1) is 5.82 Å². The summed E-state index contributed by atoms with van der Waals surface area (Å²) in [5, 5.41) is 3.24. The van der Waals surface area contributed by atoms with Gasteiger partial charge >= 0.3 is 0 Å². The van der Waals surface area contributed by atoms with Crippen molar-refractivity contribution in [1.29, 1.82) is 0 Å². The lowest BCUT2D eigenvalue weighted by atomic mass is 10.0. The van der Waals surface area contributed by atoms with Crippen molar-refractivity contribution in [1.82, 2.24) is 19.8 Å². The molecule has 2 aliphatic heterocycles. The van der Waals surface area contributed by atoms with Gasteiger partial charge in [-0.25, -0.2) is 14.4 Å². The maximum atomic E-state index is 13.0. The number of amides is 1. The number of aromatic nitrogens is 2. The van der Waals surface area contributed by atoms with Crippen LogP contribution in [-0.2, 0) is 24.2 Å². The number of anilines is 1. The van der Waals surface area contributed by atoms with Gasteiger partial charge in [0.1, 0.15) is 17.5 Å². The number of hydrogen-bond donors (Lipinski definition) is 1. The molecule has 1 amide bonds. The summed E-state index contributed by atoms with van der Waals surface area (Å²) >= 11 is 0. The van der Waals surface area contributed by atoms with Gasteiger partial charge in [-0.15, -0.1) is 0 Å². The fourth-order valence-corrected chi connectivity index (χ4v) is 4.41. The smallest absolute Gasteiger partial charge is 0.222 e. The summed E-state index contributed by atoms with van der Waals surface area (Å²) in [5.74, 6) is 1.95. The van der Waals surface area contributed by atoms with E-state index in [1.165, 1.54) is 17.7 Å². The molecule has 0 radical (unpaired) electrons. The molecule has 4 rings (SSSR count). The van der Waals surface area contributed by atoms with Gasteiger partial charge < -0.3 is 15.1 Å². The molecular weight excluding hydrogens is 381 g/mol. The molecule has 0 bridgehead atoms. The Morgan fingerprint density at radius 3 is 2.80 bits per heavy atom. The van der Waals surface area contributed by atoms with Crippen molar-refractivity contribution in [3.8, 4) is 0 Å². The molecule has 2 aliphatic rings. The highest BCUT2D eigenvalue weighted by Crippen LogP contribution is 2.30. The van der Waals surface area contributed by atoms with E-state index in [4.69, 9.17) is 9.97 Å². The SMILES string of the molecule is CNc1nc(C2CCN(C(=O)CCCc3ccc(F)cc3)C2)nc2c1CN(C)CC2. The molecule has 2 aromatic rings. The monoisotopic (exact) mass is 411 g/mol. The normalized spacial score (nSPS) is 19.0. The number of likely N-dealkylation sites (N-methyl/N-ethyl adjacent to an activating group) is 1. The van der Waals surface area contributed by atoms with E-state index in [0.717, 1.165) is 68.2 Å². The van der Waals surface area contributed by atoms with Crippen LogP contribution in [0.15, 0.2) is 24.3 Å². The van der Waals surface area contributed by atoms with Crippen LogP contribution in [-0.4, -0.2) is 59.4 Å². The average molecular weight is 412 g/mol. The number of carbonyl (C=O) groups excluding carboxylic acids is 1. The minimum Gasteiger partial charge on any atom is -0.373 e. The third kappa shape index (κ3) is 4.61. The lowest BCUT2D eigenvalue weighted by Crippen LogP contribution is -2.30. The van der Waals surface area contributed by atoms with Gasteiger partial charge in [-0.05, 0) is 44.0 Å². The maximum absolute atomic E-state index is 13.0. The van der Waals surface area contributed by atoms with Gasteiger partial charge in [0.25, 0.3) is 0 Å². The number of nitrogens with zero attached hydrogens (tertiary/aromatic N) is 4. The number of nitrogens with one attached hydrogen (secondary N) is 1. The summed E-state index contributed by atoms with van der Waals surface area (Å²) in [7, 11) is 4.03. The first-order valence-corrected chi connectivity index (χ1v) is 10.8. The Kier molecular flexibility index (Phi) is 6.27. The predicted octanol–water partition coefficient (Wildman–Crippen LogP) is 2.98. The van der Waals surface area contributed by atoms with Crippen LogP contribution in [0.25, 0.3) is 0 Å². The summed E-state index contributed by atoms with van der Waals surface area (Å²) in [6.07, 6.45) is 3.93. The van der Waals surface area contributed by atoms with Crippen LogP contribution in [0.5, 0.6) is 0 Å². The van der Waals surface area contributed by atoms with Crippen LogP contribution in [0.1, 0.15) is 47.8 Å². The van der Waals surface area contributed by atoms with E-state index in [1.807, 2.05) is 11.9 Å². The van der Waals surface area contributed by atoms with Gasteiger partial charge in [0.2, 0.25) is 5.91 Å². The van der Waals surface area contributed by atoms with Gasteiger partial charge in [0.15, 0.2) is 0 Å². The standard InChI is InChI=1S/C23H30FN5O/c1-25-23-19-15-28(2)12-11-20(19)26-22(27-23)17-10-13-29(14-17)21(30)5-3-4-16-6-8-18(24)9-7-16/h6-9,17H,3-5,10-15H2,1-2H3,(H,25,26,27). The Hall–Kier alpha value is -2.54. The van der Waals surface area contributed by atoms with Crippen LogP contribution in [0.2, 0.25) is 0 Å². The molecule has 0 saturated carbocycles. The second-order valence-electron chi connectivity index (χ2n) is 8.40. The minimum absolute atomic E-state index is 0.188. The van der Waals surface area contributed by atoms with Gasteiger partial charge in [0, 0.05) is 57.5 Å². The van der Waals surface area contributed by atoms with E-state index >= 15 is 0 Å². The van der Waals surface area contributed by atoms with Crippen LogP contribution in [0.4, 0.5) is 10.2 Å². The van der Waals surface area contributed by atoms with Crippen molar-refractivity contribution in [3.63, 3.8) is 0 Å². The zero-order chi connectivity index (χ0) is 21.1. The number of aryl methyl sites for hydroxylation is 1. The fourth-order valence-electron chi connectivity index (χ4n) is 4.41. The van der Waals surface area contributed by atoms with Crippen molar-refractivity contribution < 1.29 is 9.18 Å². The Labute approximate surface area is 177 Å². The van der Waals surface area contributed by atoms with E-state index in [9.17, 15) is 9.18 Å². The Balaban J connectivity index is 1.34. The third-order valence-corrected chi connectivity index (χ3v) is 6.18. The molecule has 0 aliphatic carbocycles. The number of hydrogen-bond acceptors (Lipinski definition) is 5. The second kappa shape index (κ2) is 9.08. The van der Waals surface area contributed by atoms with Crippen LogP contribution < -0.4 is 5.32 Å². The molecule has 1 atom stereocenters. The van der Waals surface area contributed by atoms with E-state index < -0.39 is 0 Å². The van der Waals surface area contributed by atoms with Gasteiger partial charge in [-0.1, -0.05) is 12.1 Å². The number of likely N-dealkylation sites (tertiary alicyclic amines) is 1. The molecule has 1 aromatic heterocycles. The summed E-state index contributed by atoms with van der Waals surface area (Å²) in [4.78, 5) is 26.6. The fraction of sp³-hybridized carbons (Fsp3) is 0.522. The maximum Gasteiger partial charge on any atom is 0.222 e. The first kappa shape index (κ1) is 20.7. The van der Waals surface area contributed by atoms with Gasteiger partial charge in [0.05, 0.1) is 5.69 Å². The summed E-state index contributed by atoms with van der Waals surface area (Å²) in [6.45, 7) is 3.33. The van der Waals surface area contributed by atoms with Crippen molar-refractivity contribution in [2.75, 3.05) is 39.0 Å². The van der Waals surface area contributed by atoms with E-state index in [1.54, 1.807) is 12.1 Å². The lowest BCUT2D eigenvalue weighted by molar-refractivity contribution is -0.130. The number of fused-ring (bicyclic) bond motifs is 1. The Bertz CT molecular complexity index is 884. The zero-order valence-corrected chi connectivity index (χ0v) is 17.8. The second-order valence-corrected chi connectivity index (χ2v) is 8.40. The molecule has 30 heavy (non-hydrogen) atoms. The number of halogens is 1. The molecule has 160 valence electrons. The molecule has 3 heterocycles. The van der Waals surface area contributed by atoms with Crippen molar-refractivity contribution >= 4 is 11.7 Å². The molecule has 1 aromatic carbocycles. The van der Waals surface area contributed by atoms with Gasteiger partial charge in [-0.2, -0.15) is 0 Å². The van der Waals surface area contributed by atoms with Crippen LogP contribution in [0.3, 0.4) is 0 Å². The number of rotatable bonds is 6. The van der Waals surface area contributed by atoms with Crippen LogP contribution >= 0.6 is 0 Å². The third-order valence-electron chi connectivity index (χ3n) is 6.18. The molecule has 1 unspecified atom stereocenters. The zero-order valence-electron chi connectivity index (χ0n) is 17.8. The molecule has 1 saturated heterocycles. The van der Waals surface area contributed by atoms with E-state index in [-0.39, 0.29) is 17.6 Å². The highest BCUT2D eigenvalue weighted by Gasteiger charge is 2.30. The predicted molar refractivity (Wildman–Crippen MR) is 115 cm³/mol. The number of benzene rings is 1. The van der Waals surface area contributed by atoms with Crippen molar-refractivity contribution in [3.05, 3.63) is 52.7 Å².